The van der Waals surface area contributed by atoms with Gasteiger partial charge in [0, 0.05) is 17.6 Å². The molecule has 128 valence electrons. The molecule has 0 N–H and O–H groups in total. The molecule has 5 rings (SSSR count). The third kappa shape index (κ3) is 2.48. The van der Waals surface area contributed by atoms with Crippen molar-refractivity contribution in [2.75, 3.05) is 11.5 Å². The second-order valence-electron chi connectivity index (χ2n) is 7.04. The number of fused-ring (bicyclic) bond motifs is 1. The third-order valence-corrected chi connectivity index (χ3v) is 7.54. The van der Waals surface area contributed by atoms with Crippen molar-refractivity contribution in [1.82, 2.24) is 10.1 Å². The van der Waals surface area contributed by atoms with Gasteiger partial charge < -0.3 is 4.52 Å². The zero-order valence-electron chi connectivity index (χ0n) is 13.8. The second-order valence-corrected chi connectivity index (χ2v) is 9.51. The van der Waals surface area contributed by atoms with E-state index in [4.69, 9.17) is 4.52 Å². The predicted molar refractivity (Wildman–Crippen MR) is 90.5 cm³/mol. The molecule has 3 aliphatic rings. The van der Waals surface area contributed by atoms with Crippen molar-refractivity contribution in [3.63, 3.8) is 0 Å². The summed E-state index contributed by atoms with van der Waals surface area (Å²) in [6, 6.07) is 10.6. The highest BCUT2D eigenvalue weighted by Crippen LogP contribution is 2.67. The first kappa shape index (κ1) is 15.8. The summed E-state index contributed by atoms with van der Waals surface area (Å²) in [6.07, 6.45) is 3.87. The highest BCUT2D eigenvalue weighted by molar-refractivity contribution is 7.91. The normalized spacial score (nSPS) is 28.7. The van der Waals surface area contributed by atoms with Crippen molar-refractivity contribution in [2.45, 2.75) is 43.9 Å². The summed E-state index contributed by atoms with van der Waals surface area (Å²) in [6.45, 7) is 1.66. The first-order valence-electron chi connectivity index (χ1n) is 8.62. The molecule has 2 bridgehead atoms. The molecule has 0 saturated heterocycles. The van der Waals surface area contributed by atoms with Crippen LogP contribution >= 0.6 is 0 Å². The number of sulfone groups is 1. The van der Waals surface area contributed by atoms with Crippen molar-refractivity contribution in [2.24, 2.45) is 5.92 Å². The molecule has 0 unspecified atom stereocenters. The molecule has 1 aromatic carbocycles. The summed E-state index contributed by atoms with van der Waals surface area (Å²) < 4.78 is 28.8. The first-order valence-corrected chi connectivity index (χ1v) is 10.4. The predicted octanol–water partition coefficient (Wildman–Crippen LogP) is 2.88. The Kier molecular flexibility index (Phi) is 3.75. The maximum Gasteiger partial charge on any atom is 0.230 e. The van der Waals surface area contributed by atoms with E-state index in [0.717, 1.165) is 6.42 Å². The molecule has 5 nitrogen and oxygen atoms in total. The lowest BCUT2D eigenvalue weighted by Crippen LogP contribution is -2.42. The average Bonchev–Trinajstić information content (AvgIpc) is 3.29. The summed E-state index contributed by atoms with van der Waals surface area (Å²) in [5, 5.41) is 4.03. The van der Waals surface area contributed by atoms with E-state index in [-0.39, 0.29) is 22.8 Å². The van der Waals surface area contributed by atoms with Gasteiger partial charge in [0.15, 0.2) is 5.82 Å². The van der Waals surface area contributed by atoms with Gasteiger partial charge in [-0.3, -0.25) is 0 Å². The van der Waals surface area contributed by atoms with E-state index in [1.807, 2.05) is 6.07 Å². The fourth-order valence-corrected chi connectivity index (χ4v) is 5.29. The molecular formula is C18H22N2O3S. The SMILES string of the molecule is CCS(=O)(=O)CCc1noc([C@@H]2[C@@H]3CC[C@@]2(c2ccccc2)C3)n1. The largest absolute Gasteiger partial charge is 0.339 e. The fourth-order valence-electron chi connectivity index (χ4n) is 4.51. The van der Waals surface area contributed by atoms with Gasteiger partial charge in [-0.05, 0) is 30.7 Å². The van der Waals surface area contributed by atoms with Crippen LogP contribution in [0.25, 0.3) is 0 Å². The minimum atomic E-state index is -3.01. The van der Waals surface area contributed by atoms with E-state index in [1.54, 1.807) is 6.92 Å². The molecule has 2 aromatic rings. The van der Waals surface area contributed by atoms with E-state index in [1.165, 1.54) is 18.4 Å². The minimum absolute atomic E-state index is 0.0837. The lowest BCUT2D eigenvalue weighted by Gasteiger charge is -2.46. The van der Waals surface area contributed by atoms with Gasteiger partial charge >= 0.3 is 0 Å². The molecule has 0 spiro atoms. The zero-order chi connectivity index (χ0) is 16.8. The summed E-state index contributed by atoms with van der Waals surface area (Å²) in [5.41, 5.74) is 1.49. The van der Waals surface area contributed by atoms with Gasteiger partial charge in [0.05, 0.1) is 11.7 Å². The Morgan fingerprint density at radius 2 is 2.08 bits per heavy atom. The number of aryl methyl sites for hydroxylation is 1. The highest BCUT2D eigenvalue weighted by atomic mass is 32.2. The van der Waals surface area contributed by atoms with Gasteiger partial charge in [-0.1, -0.05) is 42.4 Å². The van der Waals surface area contributed by atoms with E-state index in [0.29, 0.717) is 24.1 Å². The Balaban J connectivity index is 1.55. The Bertz CT molecular complexity index is 827. The van der Waals surface area contributed by atoms with Gasteiger partial charge in [0.25, 0.3) is 0 Å². The Morgan fingerprint density at radius 1 is 1.29 bits per heavy atom. The molecule has 1 heterocycles. The van der Waals surface area contributed by atoms with E-state index in [9.17, 15) is 8.42 Å². The molecule has 0 radical (unpaired) electrons. The van der Waals surface area contributed by atoms with Crippen LogP contribution < -0.4 is 0 Å². The number of aromatic nitrogens is 2. The van der Waals surface area contributed by atoms with Crippen LogP contribution in [0, 0.1) is 5.92 Å². The number of hydrogen-bond acceptors (Lipinski definition) is 5. The molecule has 3 atom stereocenters. The molecule has 0 aliphatic heterocycles. The van der Waals surface area contributed by atoms with Crippen molar-refractivity contribution in [3.8, 4) is 0 Å². The van der Waals surface area contributed by atoms with Crippen molar-refractivity contribution >= 4 is 9.84 Å². The van der Waals surface area contributed by atoms with Crippen LogP contribution in [0.2, 0.25) is 0 Å². The second kappa shape index (κ2) is 5.69. The summed E-state index contributed by atoms with van der Waals surface area (Å²) in [5.74, 6) is 2.33. The molecule has 24 heavy (non-hydrogen) atoms. The van der Waals surface area contributed by atoms with Gasteiger partial charge in [-0.15, -0.1) is 0 Å². The van der Waals surface area contributed by atoms with Crippen LogP contribution in [0.1, 0.15) is 49.4 Å². The highest BCUT2D eigenvalue weighted by Gasteiger charge is 2.62. The number of rotatable bonds is 6. The maximum absolute atomic E-state index is 11.6. The fraction of sp³-hybridized carbons (Fsp3) is 0.556. The lowest BCUT2D eigenvalue weighted by atomic mass is 9.57. The Labute approximate surface area is 142 Å². The third-order valence-electron chi connectivity index (χ3n) is 5.83. The van der Waals surface area contributed by atoms with Gasteiger partial charge in [0.1, 0.15) is 9.84 Å². The quantitative estimate of drug-likeness (QED) is 0.804. The Morgan fingerprint density at radius 3 is 2.79 bits per heavy atom. The van der Waals surface area contributed by atoms with Crippen LogP contribution in [0.4, 0.5) is 0 Å². The minimum Gasteiger partial charge on any atom is -0.339 e. The van der Waals surface area contributed by atoms with Crippen LogP contribution in [0.3, 0.4) is 0 Å². The molecular weight excluding hydrogens is 324 g/mol. The van der Waals surface area contributed by atoms with Crippen LogP contribution in [0.15, 0.2) is 34.9 Å². The number of benzene rings is 1. The van der Waals surface area contributed by atoms with E-state index in [2.05, 4.69) is 34.4 Å². The van der Waals surface area contributed by atoms with Crippen molar-refractivity contribution in [3.05, 3.63) is 47.6 Å². The van der Waals surface area contributed by atoms with E-state index < -0.39 is 9.84 Å². The smallest absolute Gasteiger partial charge is 0.230 e. The standard InChI is InChI=1S/C18H22N2O3S/c1-2-24(21,22)11-9-15-19-17(23-20-15)16-13-8-10-18(16,12-13)14-6-4-3-5-7-14/h3-7,13,16H,2,8-12H2,1H3/t13-,16+,18+/m1/s1. The summed E-state index contributed by atoms with van der Waals surface area (Å²) >= 11 is 0. The number of nitrogens with zero attached hydrogens (tertiary/aromatic N) is 2. The first-order chi connectivity index (χ1) is 11.5. The van der Waals surface area contributed by atoms with Gasteiger partial charge in [0.2, 0.25) is 5.89 Å². The zero-order valence-corrected chi connectivity index (χ0v) is 14.6. The van der Waals surface area contributed by atoms with Gasteiger partial charge in [-0.25, -0.2) is 8.42 Å². The van der Waals surface area contributed by atoms with Crippen molar-refractivity contribution in [1.29, 1.82) is 0 Å². The lowest BCUT2D eigenvalue weighted by molar-refractivity contribution is 0.144. The monoisotopic (exact) mass is 346 g/mol. The molecule has 1 aromatic heterocycles. The van der Waals surface area contributed by atoms with Crippen molar-refractivity contribution < 1.29 is 12.9 Å². The molecule has 3 saturated carbocycles. The topological polar surface area (TPSA) is 73.1 Å². The van der Waals surface area contributed by atoms with Crippen LogP contribution in [-0.4, -0.2) is 30.1 Å². The summed E-state index contributed by atoms with van der Waals surface area (Å²) in [4.78, 5) is 4.54. The van der Waals surface area contributed by atoms with Gasteiger partial charge in [-0.2, -0.15) is 4.98 Å². The molecule has 6 heteroatoms. The maximum atomic E-state index is 11.6. The summed E-state index contributed by atoms with van der Waals surface area (Å²) in [7, 11) is -3.01. The van der Waals surface area contributed by atoms with Crippen LogP contribution in [0.5, 0.6) is 0 Å². The van der Waals surface area contributed by atoms with E-state index >= 15 is 0 Å². The average molecular weight is 346 g/mol. The molecule has 0 amide bonds. The molecule has 3 fully saturated rings. The molecule has 3 aliphatic carbocycles. The Hall–Kier alpha value is -1.69. The number of hydrogen-bond donors (Lipinski definition) is 0. The van der Waals surface area contributed by atoms with Crippen LogP contribution in [-0.2, 0) is 21.7 Å².